The van der Waals surface area contributed by atoms with Gasteiger partial charge in [0.15, 0.2) is 5.96 Å². The highest BCUT2D eigenvalue weighted by atomic mass is 32.2. The van der Waals surface area contributed by atoms with E-state index in [2.05, 4.69) is 33.6 Å². The van der Waals surface area contributed by atoms with Crippen LogP contribution in [-0.2, 0) is 25.6 Å². The Morgan fingerprint density at radius 3 is 2.14 bits per heavy atom. The Kier molecular flexibility index (Phi) is 15.1. The number of rotatable bonds is 17. The van der Waals surface area contributed by atoms with Gasteiger partial charge in [-0.1, -0.05) is 30.3 Å². The Morgan fingerprint density at radius 1 is 0.973 bits per heavy atom. The number of carboxylic acids is 1. The molecule has 0 aliphatic heterocycles. The van der Waals surface area contributed by atoms with Crippen molar-refractivity contribution in [2.75, 3.05) is 24.3 Å². The molecule has 1 aromatic carbocycles. The highest BCUT2D eigenvalue weighted by Gasteiger charge is 2.29. The number of aliphatic imine (C=N–C) groups is 1. The SMILES string of the molecule is CSCCC(NC(=O)C(N)Cc1ccccc1)C(=O)NC(CS)C(=O)NC(CCCN=C(N)N)C(=O)O. The summed E-state index contributed by atoms with van der Waals surface area (Å²) >= 11 is 5.62. The molecule has 206 valence electrons. The lowest BCUT2D eigenvalue weighted by Crippen LogP contribution is -2.58. The van der Waals surface area contributed by atoms with Gasteiger partial charge in [0.2, 0.25) is 17.7 Å². The van der Waals surface area contributed by atoms with E-state index >= 15 is 0 Å². The van der Waals surface area contributed by atoms with Crippen LogP contribution < -0.4 is 33.2 Å². The Labute approximate surface area is 226 Å². The molecule has 12 nitrogen and oxygen atoms in total. The molecule has 0 fully saturated rings. The normalized spacial score (nSPS) is 13.9. The molecule has 3 amide bonds. The predicted octanol–water partition coefficient (Wildman–Crippen LogP) is -1.17. The number of carbonyl (C=O) groups is 4. The van der Waals surface area contributed by atoms with Crippen LogP contribution >= 0.6 is 24.4 Å². The first-order valence-electron chi connectivity index (χ1n) is 11.7. The van der Waals surface area contributed by atoms with Crippen molar-refractivity contribution < 1.29 is 24.3 Å². The molecule has 1 aromatic rings. The van der Waals surface area contributed by atoms with E-state index in [4.69, 9.17) is 17.2 Å². The molecule has 0 saturated carbocycles. The van der Waals surface area contributed by atoms with Gasteiger partial charge in [-0.3, -0.25) is 19.4 Å². The van der Waals surface area contributed by atoms with Gasteiger partial charge in [-0.2, -0.15) is 24.4 Å². The fraction of sp³-hybridized carbons (Fsp3) is 0.522. The van der Waals surface area contributed by atoms with Crippen LogP contribution in [0, 0.1) is 0 Å². The number of nitrogens with two attached hydrogens (primary N) is 3. The topological polar surface area (TPSA) is 215 Å². The van der Waals surface area contributed by atoms with Gasteiger partial charge in [-0.15, -0.1) is 0 Å². The zero-order valence-corrected chi connectivity index (χ0v) is 22.5. The molecule has 0 saturated heterocycles. The van der Waals surface area contributed by atoms with E-state index in [9.17, 15) is 24.3 Å². The molecule has 1 rings (SSSR count). The number of thiol groups is 1. The lowest BCUT2D eigenvalue weighted by atomic mass is 10.1. The number of hydrogen-bond acceptors (Lipinski definition) is 8. The lowest BCUT2D eigenvalue weighted by molar-refractivity contribution is -0.142. The van der Waals surface area contributed by atoms with Gasteiger partial charge in [0.1, 0.15) is 18.1 Å². The van der Waals surface area contributed by atoms with Crippen molar-refractivity contribution >= 4 is 54.0 Å². The first-order valence-corrected chi connectivity index (χ1v) is 13.7. The molecule has 4 atom stereocenters. The number of hydrogen-bond donors (Lipinski definition) is 8. The minimum Gasteiger partial charge on any atom is -0.480 e. The summed E-state index contributed by atoms with van der Waals surface area (Å²) in [6, 6.07) is 5.12. The third kappa shape index (κ3) is 12.7. The number of carbonyl (C=O) groups excluding carboxylic acids is 3. The minimum absolute atomic E-state index is 0.0802. The maximum atomic E-state index is 13.0. The van der Waals surface area contributed by atoms with Gasteiger partial charge in [-0.05, 0) is 43.3 Å². The first-order chi connectivity index (χ1) is 17.6. The molecule has 14 heteroatoms. The molecule has 0 bridgehead atoms. The second-order valence-electron chi connectivity index (χ2n) is 8.23. The average Bonchev–Trinajstić information content (AvgIpc) is 2.86. The molecular formula is C23H37N7O5S2. The van der Waals surface area contributed by atoms with Crippen molar-refractivity contribution in [3.05, 3.63) is 35.9 Å². The lowest BCUT2D eigenvalue weighted by Gasteiger charge is -2.24. The first kappa shape index (κ1) is 32.1. The van der Waals surface area contributed by atoms with Crippen LogP contribution in [0.5, 0.6) is 0 Å². The number of guanidine groups is 1. The smallest absolute Gasteiger partial charge is 0.326 e. The van der Waals surface area contributed by atoms with Gasteiger partial charge >= 0.3 is 5.97 Å². The van der Waals surface area contributed by atoms with E-state index < -0.39 is 47.9 Å². The van der Waals surface area contributed by atoms with Crippen LogP contribution in [0.4, 0.5) is 0 Å². The average molecular weight is 556 g/mol. The van der Waals surface area contributed by atoms with E-state index in [1.807, 2.05) is 36.6 Å². The Morgan fingerprint density at radius 2 is 1.57 bits per heavy atom. The third-order valence-electron chi connectivity index (χ3n) is 5.25. The molecule has 0 spiro atoms. The third-order valence-corrected chi connectivity index (χ3v) is 6.26. The number of aliphatic carboxylic acids is 1. The summed E-state index contributed by atoms with van der Waals surface area (Å²) < 4.78 is 0. The molecule has 4 unspecified atom stereocenters. The van der Waals surface area contributed by atoms with Gasteiger partial charge < -0.3 is 38.3 Å². The molecule has 0 heterocycles. The number of benzene rings is 1. The summed E-state index contributed by atoms with van der Waals surface area (Å²) in [6.07, 6.45) is 2.86. The van der Waals surface area contributed by atoms with Crippen LogP contribution in [0.3, 0.4) is 0 Å². The van der Waals surface area contributed by atoms with Crippen LogP contribution in [0.1, 0.15) is 24.8 Å². The van der Waals surface area contributed by atoms with Crippen molar-refractivity contribution in [2.45, 2.75) is 49.9 Å². The summed E-state index contributed by atoms with van der Waals surface area (Å²) in [4.78, 5) is 53.8. The fourth-order valence-electron chi connectivity index (χ4n) is 3.24. The molecule has 0 radical (unpaired) electrons. The van der Waals surface area contributed by atoms with E-state index in [0.29, 0.717) is 25.0 Å². The van der Waals surface area contributed by atoms with Crippen LogP contribution in [-0.4, -0.2) is 83.2 Å². The van der Waals surface area contributed by atoms with Gasteiger partial charge in [-0.25, -0.2) is 4.79 Å². The highest BCUT2D eigenvalue weighted by Crippen LogP contribution is 2.06. The van der Waals surface area contributed by atoms with Crippen molar-refractivity contribution in [3.63, 3.8) is 0 Å². The second-order valence-corrected chi connectivity index (χ2v) is 9.58. The Hall–Kier alpha value is -2.97. The maximum Gasteiger partial charge on any atom is 0.326 e. The summed E-state index contributed by atoms with van der Waals surface area (Å²) in [5.74, 6) is -2.67. The molecular weight excluding hydrogens is 518 g/mol. The highest BCUT2D eigenvalue weighted by molar-refractivity contribution is 7.98. The van der Waals surface area contributed by atoms with Gasteiger partial charge in [0.25, 0.3) is 0 Å². The zero-order chi connectivity index (χ0) is 27.8. The standard InChI is InChI=1S/C23H37N7O5S2/c1-37-11-9-16(28-19(31)15(24)12-14-6-3-2-4-7-14)20(32)30-18(13-36)21(33)29-17(22(34)35)8-5-10-27-23(25)26/h2-4,6-7,15-18,36H,5,8-13,24H2,1H3,(H,28,31)(H,29,33)(H,30,32)(H,34,35)(H4,25,26,27). The predicted molar refractivity (Wildman–Crippen MR) is 148 cm³/mol. The van der Waals surface area contributed by atoms with Crippen molar-refractivity contribution in [1.82, 2.24) is 16.0 Å². The number of carboxylic acid groups (broad SMARTS) is 1. The molecule has 0 aliphatic carbocycles. The minimum atomic E-state index is -1.24. The number of amides is 3. The van der Waals surface area contributed by atoms with Gasteiger partial charge in [0.05, 0.1) is 6.04 Å². The van der Waals surface area contributed by atoms with Crippen LogP contribution in [0.25, 0.3) is 0 Å². The number of thioether (sulfide) groups is 1. The Balaban J connectivity index is 2.78. The monoisotopic (exact) mass is 555 g/mol. The van der Waals surface area contributed by atoms with E-state index in [1.54, 1.807) is 0 Å². The summed E-state index contributed by atoms with van der Waals surface area (Å²) in [5, 5.41) is 17.1. The zero-order valence-electron chi connectivity index (χ0n) is 20.8. The largest absolute Gasteiger partial charge is 0.480 e. The molecule has 37 heavy (non-hydrogen) atoms. The molecule has 0 aromatic heterocycles. The summed E-state index contributed by atoms with van der Waals surface area (Å²) in [6.45, 7) is 0.206. The van der Waals surface area contributed by atoms with Crippen LogP contribution in [0.2, 0.25) is 0 Å². The van der Waals surface area contributed by atoms with Crippen LogP contribution in [0.15, 0.2) is 35.3 Å². The number of nitrogens with zero attached hydrogens (tertiary/aromatic N) is 1. The molecule has 10 N–H and O–H groups in total. The van der Waals surface area contributed by atoms with Crippen molar-refractivity contribution in [1.29, 1.82) is 0 Å². The summed E-state index contributed by atoms with van der Waals surface area (Å²) in [5.41, 5.74) is 17.4. The van der Waals surface area contributed by atoms with E-state index in [-0.39, 0.29) is 24.7 Å². The maximum absolute atomic E-state index is 13.0. The molecule has 0 aliphatic rings. The van der Waals surface area contributed by atoms with Gasteiger partial charge in [0, 0.05) is 12.3 Å². The quantitative estimate of drug-likeness (QED) is 0.0502. The van der Waals surface area contributed by atoms with E-state index in [0.717, 1.165) is 5.56 Å². The second kappa shape index (κ2) is 17.5. The van der Waals surface area contributed by atoms with Crippen molar-refractivity contribution in [2.24, 2.45) is 22.2 Å². The number of nitrogens with one attached hydrogen (secondary N) is 3. The van der Waals surface area contributed by atoms with Crippen molar-refractivity contribution in [3.8, 4) is 0 Å². The summed E-state index contributed by atoms with van der Waals surface area (Å²) in [7, 11) is 0. The fourth-order valence-corrected chi connectivity index (χ4v) is 3.97. The Bertz CT molecular complexity index is 916. The van der Waals surface area contributed by atoms with E-state index in [1.165, 1.54) is 11.8 Å².